The Hall–Kier alpha value is -1.55. The molecule has 110 valence electrons. The van der Waals surface area contributed by atoms with Gasteiger partial charge in [-0.2, -0.15) is 0 Å². The number of hydrogen-bond donors (Lipinski definition) is 1. The molecule has 1 N–H and O–H groups in total. The average Bonchev–Trinajstić information content (AvgIpc) is 2.46. The summed E-state index contributed by atoms with van der Waals surface area (Å²) in [5, 5.41) is 3.10. The second-order valence-corrected chi connectivity index (χ2v) is 5.55. The molecule has 0 bridgehead atoms. The van der Waals surface area contributed by atoms with E-state index in [0.717, 1.165) is 31.8 Å². The molecule has 4 nitrogen and oxygen atoms in total. The van der Waals surface area contributed by atoms with E-state index >= 15 is 0 Å². The predicted octanol–water partition coefficient (Wildman–Crippen LogP) is 2.04. The highest BCUT2D eigenvalue weighted by Crippen LogP contribution is 2.16. The van der Waals surface area contributed by atoms with E-state index in [-0.39, 0.29) is 12.5 Å². The zero-order valence-electron chi connectivity index (χ0n) is 12.4. The van der Waals surface area contributed by atoms with Crippen LogP contribution in [0, 0.1) is 5.92 Å². The minimum atomic E-state index is 0.0934. The van der Waals surface area contributed by atoms with Gasteiger partial charge in [-0.05, 0) is 43.5 Å². The van der Waals surface area contributed by atoms with E-state index in [1.165, 1.54) is 12.0 Å². The molecule has 0 aliphatic carbocycles. The molecule has 20 heavy (non-hydrogen) atoms. The number of benzene rings is 1. The molecular weight excluding hydrogens is 252 g/mol. The first-order chi connectivity index (χ1) is 9.69. The highest BCUT2D eigenvalue weighted by atomic mass is 16.5. The quantitative estimate of drug-likeness (QED) is 0.895. The molecule has 1 aliphatic heterocycles. The SMILES string of the molecule is CNCc1ccc(OCC(=O)N2CCCC(C)C2)cc1. The summed E-state index contributed by atoms with van der Waals surface area (Å²) in [6.45, 7) is 4.90. The molecule has 0 radical (unpaired) electrons. The number of amides is 1. The predicted molar refractivity (Wildman–Crippen MR) is 79.7 cm³/mol. The summed E-state index contributed by atoms with van der Waals surface area (Å²) in [5.74, 6) is 1.45. The van der Waals surface area contributed by atoms with Crippen LogP contribution in [0.15, 0.2) is 24.3 Å². The van der Waals surface area contributed by atoms with Crippen LogP contribution in [0.4, 0.5) is 0 Å². The Morgan fingerprint density at radius 2 is 2.15 bits per heavy atom. The number of likely N-dealkylation sites (tertiary alicyclic amines) is 1. The Balaban J connectivity index is 1.80. The number of nitrogens with zero attached hydrogens (tertiary/aromatic N) is 1. The van der Waals surface area contributed by atoms with Gasteiger partial charge in [-0.3, -0.25) is 4.79 Å². The van der Waals surface area contributed by atoms with Crippen molar-refractivity contribution in [3.63, 3.8) is 0 Å². The largest absolute Gasteiger partial charge is 0.484 e. The summed E-state index contributed by atoms with van der Waals surface area (Å²) in [6.07, 6.45) is 2.32. The van der Waals surface area contributed by atoms with Crippen molar-refractivity contribution in [3.8, 4) is 5.75 Å². The summed E-state index contributed by atoms with van der Waals surface area (Å²) in [5.41, 5.74) is 1.20. The van der Waals surface area contributed by atoms with Crippen molar-refractivity contribution in [1.82, 2.24) is 10.2 Å². The van der Waals surface area contributed by atoms with Gasteiger partial charge in [-0.25, -0.2) is 0 Å². The molecule has 1 heterocycles. The molecule has 0 spiro atoms. The smallest absolute Gasteiger partial charge is 0.260 e. The summed E-state index contributed by atoms with van der Waals surface area (Å²) >= 11 is 0. The number of nitrogens with one attached hydrogen (secondary N) is 1. The van der Waals surface area contributed by atoms with Gasteiger partial charge in [-0.1, -0.05) is 19.1 Å². The van der Waals surface area contributed by atoms with Crippen LogP contribution in [-0.2, 0) is 11.3 Å². The summed E-state index contributed by atoms with van der Waals surface area (Å²) < 4.78 is 5.58. The van der Waals surface area contributed by atoms with Crippen molar-refractivity contribution in [1.29, 1.82) is 0 Å². The number of carbonyl (C=O) groups is 1. The highest BCUT2D eigenvalue weighted by Gasteiger charge is 2.20. The summed E-state index contributed by atoms with van der Waals surface area (Å²) in [7, 11) is 1.92. The van der Waals surface area contributed by atoms with Gasteiger partial charge >= 0.3 is 0 Å². The summed E-state index contributed by atoms with van der Waals surface area (Å²) in [6, 6.07) is 7.86. The van der Waals surface area contributed by atoms with Gasteiger partial charge in [0, 0.05) is 19.6 Å². The van der Waals surface area contributed by atoms with Crippen molar-refractivity contribution in [2.24, 2.45) is 5.92 Å². The zero-order valence-corrected chi connectivity index (χ0v) is 12.4. The molecule has 1 amide bonds. The second kappa shape index (κ2) is 7.29. The van der Waals surface area contributed by atoms with Crippen LogP contribution in [0.1, 0.15) is 25.3 Å². The lowest BCUT2D eigenvalue weighted by atomic mass is 10.0. The van der Waals surface area contributed by atoms with Crippen molar-refractivity contribution in [2.45, 2.75) is 26.3 Å². The third-order valence-electron chi connectivity index (χ3n) is 3.68. The molecular formula is C16H24N2O2. The maximum Gasteiger partial charge on any atom is 0.260 e. The van der Waals surface area contributed by atoms with Crippen molar-refractivity contribution < 1.29 is 9.53 Å². The lowest BCUT2D eigenvalue weighted by Crippen LogP contribution is -2.41. The third kappa shape index (κ3) is 4.23. The van der Waals surface area contributed by atoms with E-state index in [2.05, 4.69) is 12.2 Å². The first-order valence-corrected chi connectivity index (χ1v) is 7.33. The Morgan fingerprint density at radius 3 is 2.80 bits per heavy atom. The molecule has 2 rings (SSSR count). The van der Waals surface area contributed by atoms with Crippen molar-refractivity contribution in [3.05, 3.63) is 29.8 Å². The van der Waals surface area contributed by atoms with E-state index in [9.17, 15) is 4.79 Å². The van der Waals surface area contributed by atoms with Crippen LogP contribution in [0.5, 0.6) is 5.75 Å². The number of rotatable bonds is 5. The fourth-order valence-electron chi connectivity index (χ4n) is 2.56. The highest BCUT2D eigenvalue weighted by molar-refractivity contribution is 5.77. The van der Waals surface area contributed by atoms with E-state index in [1.54, 1.807) is 0 Å². The molecule has 0 aromatic heterocycles. The average molecular weight is 276 g/mol. The van der Waals surface area contributed by atoms with Crippen LogP contribution in [-0.4, -0.2) is 37.6 Å². The minimum Gasteiger partial charge on any atom is -0.484 e. The fourth-order valence-corrected chi connectivity index (χ4v) is 2.56. The van der Waals surface area contributed by atoms with Crippen molar-refractivity contribution in [2.75, 3.05) is 26.7 Å². The van der Waals surface area contributed by atoms with Gasteiger partial charge in [0.15, 0.2) is 6.61 Å². The molecule has 1 aliphatic rings. The molecule has 1 unspecified atom stereocenters. The minimum absolute atomic E-state index is 0.0934. The first kappa shape index (κ1) is 14.9. The molecule has 1 saturated heterocycles. The van der Waals surface area contributed by atoms with Crippen LogP contribution >= 0.6 is 0 Å². The second-order valence-electron chi connectivity index (χ2n) is 5.55. The Morgan fingerprint density at radius 1 is 1.40 bits per heavy atom. The number of ether oxygens (including phenoxy) is 1. The topological polar surface area (TPSA) is 41.6 Å². The molecule has 1 atom stereocenters. The Kier molecular flexibility index (Phi) is 5.41. The van der Waals surface area contributed by atoms with Crippen LogP contribution in [0.2, 0.25) is 0 Å². The van der Waals surface area contributed by atoms with E-state index in [0.29, 0.717) is 5.92 Å². The monoisotopic (exact) mass is 276 g/mol. The maximum atomic E-state index is 12.1. The van der Waals surface area contributed by atoms with E-state index < -0.39 is 0 Å². The third-order valence-corrected chi connectivity index (χ3v) is 3.68. The molecule has 0 saturated carbocycles. The molecule has 1 aromatic carbocycles. The lowest BCUT2D eigenvalue weighted by molar-refractivity contribution is -0.135. The zero-order chi connectivity index (χ0) is 14.4. The number of carbonyl (C=O) groups excluding carboxylic acids is 1. The van der Waals surface area contributed by atoms with Gasteiger partial charge in [0.25, 0.3) is 5.91 Å². The molecule has 1 fully saturated rings. The van der Waals surface area contributed by atoms with Gasteiger partial charge in [0.2, 0.25) is 0 Å². The molecule has 1 aromatic rings. The van der Waals surface area contributed by atoms with E-state index in [4.69, 9.17) is 4.74 Å². The van der Waals surface area contributed by atoms with Gasteiger partial charge in [-0.15, -0.1) is 0 Å². The van der Waals surface area contributed by atoms with Gasteiger partial charge < -0.3 is 15.0 Å². The fraction of sp³-hybridized carbons (Fsp3) is 0.562. The Bertz CT molecular complexity index is 431. The van der Waals surface area contributed by atoms with Gasteiger partial charge in [0.1, 0.15) is 5.75 Å². The van der Waals surface area contributed by atoms with Gasteiger partial charge in [0.05, 0.1) is 0 Å². The van der Waals surface area contributed by atoms with Crippen LogP contribution < -0.4 is 10.1 Å². The standard InChI is InChI=1S/C16H24N2O2/c1-13-4-3-9-18(11-13)16(19)12-20-15-7-5-14(6-8-15)10-17-2/h5-8,13,17H,3-4,9-12H2,1-2H3. The normalized spacial score (nSPS) is 18.9. The van der Waals surface area contributed by atoms with Crippen LogP contribution in [0.25, 0.3) is 0 Å². The number of hydrogen-bond acceptors (Lipinski definition) is 3. The maximum absolute atomic E-state index is 12.1. The number of piperidine rings is 1. The van der Waals surface area contributed by atoms with Crippen molar-refractivity contribution >= 4 is 5.91 Å². The Labute approximate surface area is 121 Å². The lowest BCUT2D eigenvalue weighted by Gasteiger charge is -2.30. The first-order valence-electron chi connectivity index (χ1n) is 7.33. The summed E-state index contributed by atoms with van der Waals surface area (Å²) in [4.78, 5) is 14.0. The molecule has 4 heteroatoms. The van der Waals surface area contributed by atoms with Crippen LogP contribution in [0.3, 0.4) is 0 Å². The van der Waals surface area contributed by atoms with E-state index in [1.807, 2.05) is 36.2 Å².